The first kappa shape index (κ1) is 12.8. The van der Waals surface area contributed by atoms with Crippen LogP contribution in [-0.4, -0.2) is 12.0 Å². The van der Waals surface area contributed by atoms with Gasteiger partial charge in [-0.25, -0.2) is 4.39 Å². The van der Waals surface area contributed by atoms with E-state index in [0.717, 1.165) is 22.0 Å². The lowest BCUT2D eigenvalue weighted by Gasteiger charge is -2.09. The van der Waals surface area contributed by atoms with Crippen LogP contribution in [-0.2, 0) is 6.54 Å². The van der Waals surface area contributed by atoms with Crippen LogP contribution in [0.1, 0.15) is 5.56 Å². The molecule has 0 aliphatic rings. The third kappa shape index (κ3) is 2.28. The second-order valence-corrected chi connectivity index (χ2v) is 4.73. The zero-order valence-electron chi connectivity index (χ0n) is 11.2. The molecule has 1 aromatic heterocycles. The maximum Gasteiger partial charge on any atom is 0.131 e. The molecule has 0 amide bonds. The normalized spacial score (nSPS) is 10.9. The van der Waals surface area contributed by atoms with E-state index < -0.39 is 0 Å². The van der Waals surface area contributed by atoms with E-state index in [2.05, 4.69) is 10.3 Å². The molecule has 0 radical (unpaired) electrons. The van der Waals surface area contributed by atoms with Gasteiger partial charge >= 0.3 is 0 Å². The van der Waals surface area contributed by atoms with Gasteiger partial charge in [-0.05, 0) is 30.8 Å². The van der Waals surface area contributed by atoms with Crippen molar-refractivity contribution in [2.75, 3.05) is 7.05 Å². The van der Waals surface area contributed by atoms with Crippen LogP contribution in [0.3, 0.4) is 0 Å². The van der Waals surface area contributed by atoms with Gasteiger partial charge in [-0.15, -0.1) is 0 Å². The van der Waals surface area contributed by atoms with E-state index in [1.807, 2.05) is 43.4 Å². The summed E-state index contributed by atoms with van der Waals surface area (Å²) in [7, 11) is 1.88. The molecular weight excluding hydrogens is 251 g/mol. The van der Waals surface area contributed by atoms with Gasteiger partial charge in [0.2, 0.25) is 0 Å². The van der Waals surface area contributed by atoms with Gasteiger partial charge in [-0.2, -0.15) is 0 Å². The minimum absolute atomic E-state index is 0.219. The molecule has 3 rings (SSSR count). The Morgan fingerprint density at radius 3 is 2.75 bits per heavy atom. The average Bonchev–Trinajstić information content (AvgIpc) is 2.49. The summed E-state index contributed by atoms with van der Waals surface area (Å²) in [4.78, 5) is 4.39. The molecule has 0 saturated heterocycles. The van der Waals surface area contributed by atoms with Crippen LogP contribution in [0.25, 0.3) is 22.0 Å². The Hall–Kier alpha value is -2.26. The first-order chi connectivity index (χ1) is 9.79. The summed E-state index contributed by atoms with van der Waals surface area (Å²) in [6, 6.07) is 14.9. The van der Waals surface area contributed by atoms with Crippen molar-refractivity contribution in [3.8, 4) is 11.1 Å². The molecule has 0 saturated carbocycles. The second-order valence-electron chi connectivity index (χ2n) is 4.73. The van der Waals surface area contributed by atoms with Gasteiger partial charge in [0.05, 0.1) is 5.52 Å². The van der Waals surface area contributed by atoms with Gasteiger partial charge in [0, 0.05) is 29.3 Å². The number of nitrogens with zero attached hydrogens (tertiary/aromatic N) is 1. The Morgan fingerprint density at radius 2 is 1.90 bits per heavy atom. The molecular formula is C17H15FN2. The number of hydrogen-bond acceptors (Lipinski definition) is 2. The van der Waals surface area contributed by atoms with Crippen LogP contribution in [0.4, 0.5) is 4.39 Å². The van der Waals surface area contributed by atoms with Gasteiger partial charge in [0.25, 0.3) is 0 Å². The fourth-order valence-corrected chi connectivity index (χ4v) is 2.41. The molecule has 0 spiro atoms. The molecule has 3 heteroatoms. The van der Waals surface area contributed by atoms with Crippen molar-refractivity contribution in [3.63, 3.8) is 0 Å². The molecule has 100 valence electrons. The third-order valence-electron chi connectivity index (χ3n) is 3.33. The first-order valence-corrected chi connectivity index (χ1v) is 6.57. The highest BCUT2D eigenvalue weighted by atomic mass is 19.1. The van der Waals surface area contributed by atoms with Gasteiger partial charge in [-0.3, -0.25) is 4.98 Å². The molecule has 1 heterocycles. The molecule has 0 bridgehead atoms. The van der Waals surface area contributed by atoms with Crippen molar-refractivity contribution in [2.45, 2.75) is 6.54 Å². The smallest absolute Gasteiger partial charge is 0.131 e. The molecule has 2 aromatic carbocycles. The third-order valence-corrected chi connectivity index (χ3v) is 3.33. The number of fused-ring (bicyclic) bond motifs is 1. The minimum atomic E-state index is -0.219. The van der Waals surface area contributed by atoms with Crippen molar-refractivity contribution in [1.29, 1.82) is 0 Å². The van der Waals surface area contributed by atoms with Gasteiger partial charge in [-0.1, -0.05) is 30.3 Å². The fraction of sp³-hybridized carbons (Fsp3) is 0.118. The summed E-state index contributed by atoms with van der Waals surface area (Å²) in [5, 5.41) is 4.10. The molecule has 0 unspecified atom stereocenters. The molecule has 0 atom stereocenters. The SMILES string of the molecule is CNCc1ccc(F)c(-c2cccc3cccnc23)c1. The van der Waals surface area contributed by atoms with Crippen molar-refractivity contribution >= 4 is 10.9 Å². The van der Waals surface area contributed by atoms with Crippen molar-refractivity contribution < 1.29 is 4.39 Å². The summed E-state index contributed by atoms with van der Waals surface area (Å²) in [5.41, 5.74) is 3.31. The van der Waals surface area contributed by atoms with E-state index in [0.29, 0.717) is 12.1 Å². The van der Waals surface area contributed by atoms with Crippen LogP contribution in [0.5, 0.6) is 0 Å². The van der Waals surface area contributed by atoms with Gasteiger partial charge < -0.3 is 5.32 Å². The van der Waals surface area contributed by atoms with Crippen LogP contribution >= 0.6 is 0 Å². The molecule has 3 aromatic rings. The van der Waals surface area contributed by atoms with Crippen LogP contribution in [0.15, 0.2) is 54.7 Å². The summed E-state index contributed by atoms with van der Waals surface area (Å²) >= 11 is 0. The van der Waals surface area contributed by atoms with Gasteiger partial charge in [0.1, 0.15) is 5.82 Å². The number of nitrogens with one attached hydrogen (secondary N) is 1. The Bertz CT molecular complexity index is 748. The molecule has 1 N–H and O–H groups in total. The number of para-hydroxylation sites is 1. The Morgan fingerprint density at radius 1 is 1.05 bits per heavy atom. The highest BCUT2D eigenvalue weighted by molar-refractivity contribution is 5.93. The number of rotatable bonds is 3. The largest absolute Gasteiger partial charge is 0.316 e. The van der Waals surface area contributed by atoms with Crippen molar-refractivity contribution in [1.82, 2.24) is 10.3 Å². The predicted octanol–water partition coefficient (Wildman–Crippen LogP) is 3.76. The lowest BCUT2D eigenvalue weighted by Crippen LogP contribution is -2.05. The lowest BCUT2D eigenvalue weighted by atomic mass is 9.99. The summed E-state index contributed by atoms with van der Waals surface area (Å²) < 4.78 is 14.2. The maximum absolute atomic E-state index is 14.2. The van der Waals surface area contributed by atoms with E-state index in [9.17, 15) is 4.39 Å². The number of hydrogen-bond donors (Lipinski definition) is 1. The van der Waals surface area contributed by atoms with Crippen molar-refractivity contribution in [2.24, 2.45) is 0 Å². The Labute approximate surface area is 117 Å². The van der Waals surface area contributed by atoms with Crippen LogP contribution < -0.4 is 5.32 Å². The quantitative estimate of drug-likeness (QED) is 0.780. The van der Waals surface area contributed by atoms with E-state index in [-0.39, 0.29) is 5.82 Å². The van der Waals surface area contributed by atoms with Gasteiger partial charge in [0.15, 0.2) is 0 Å². The Kier molecular flexibility index (Phi) is 3.44. The average molecular weight is 266 g/mol. The standard InChI is InChI=1S/C17H15FN2/c1-19-11-12-7-8-16(18)15(10-12)14-6-2-4-13-5-3-9-20-17(13)14/h2-10,19H,11H2,1H3. The second kappa shape index (κ2) is 5.39. The highest BCUT2D eigenvalue weighted by Crippen LogP contribution is 2.29. The van der Waals surface area contributed by atoms with E-state index in [4.69, 9.17) is 0 Å². The molecule has 0 aliphatic carbocycles. The molecule has 0 aliphatic heterocycles. The number of aromatic nitrogens is 1. The summed E-state index contributed by atoms with van der Waals surface area (Å²) in [6.07, 6.45) is 1.74. The minimum Gasteiger partial charge on any atom is -0.316 e. The lowest BCUT2D eigenvalue weighted by molar-refractivity contribution is 0.630. The Balaban J connectivity index is 2.22. The first-order valence-electron chi connectivity index (χ1n) is 6.57. The maximum atomic E-state index is 14.2. The molecule has 20 heavy (non-hydrogen) atoms. The zero-order chi connectivity index (χ0) is 13.9. The van der Waals surface area contributed by atoms with E-state index in [1.165, 1.54) is 6.07 Å². The number of halogens is 1. The zero-order valence-corrected chi connectivity index (χ0v) is 11.2. The number of pyridine rings is 1. The van der Waals surface area contributed by atoms with Crippen molar-refractivity contribution in [3.05, 3.63) is 66.1 Å². The van der Waals surface area contributed by atoms with Crippen LogP contribution in [0, 0.1) is 5.82 Å². The summed E-state index contributed by atoms with van der Waals surface area (Å²) in [5.74, 6) is -0.219. The fourth-order valence-electron chi connectivity index (χ4n) is 2.41. The molecule has 0 fully saturated rings. The van der Waals surface area contributed by atoms with E-state index >= 15 is 0 Å². The number of benzene rings is 2. The topological polar surface area (TPSA) is 24.9 Å². The monoisotopic (exact) mass is 266 g/mol. The summed E-state index contributed by atoms with van der Waals surface area (Å²) in [6.45, 7) is 0.714. The molecule has 2 nitrogen and oxygen atoms in total. The predicted molar refractivity (Wildman–Crippen MR) is 79.9 cm³/mol. The van der Waals surface area contributed by atoms with Crippen LogP contribution in [0.2, 0.25) is 0 Å². The highest BCUT2D eigenvalue weighted by Gasteiger charge is 2.10. The van der Waals surface area contributed by atoms with E-state index in [1.54, 1.807) is 12.3 Å².